The Morgan fingerprint density at radius 1 is 1.16 bits per heavy atom. The van der Waals surface area contributed by atoms with E-state index in [1.807, 2.05) is 19.1 Å². The maximum Gasteiger partial charge on any atom is 0.323 e. The molecule has 0 atom stereocenters. The number of amides is 2. The molecular weight excluding hydrogens is 262 g/mol. The summed E-state index contributed by atoms with van der Waals surface area (Å²) in [5.74, 6) is 0. The van der Waals surface area contributed by atoms with Crippen LogP contribution in [0, 0.1) is 6.92 Å². The van der Waals surface area contributed by atoms with Gasteiger partial charge in [0.15, 0.2) is 0 Å². The Bertz CT molecular complexity index is 593. The lowest BCUT2D eigenvalue weighted by Crippen LogP contribution is -2.20. The lowest BCUT2D eigenvalue weighted by Gasteiger charge is -2.12. The van der Waals surface area contributed by atoms with Gasteiger partial charge in [0, 0.05) is 10.7 Å². The normalized spacial score (nSPS) is 10.0. The number of halogens is 1. The van der Waals surface area contributed by atoms with Crippen molar-refractivity contribution in [2.24, 2.45) is 0 Å². The number of anilines is 3. The second-order valence-electron chi connectivity index (χ2n) is 4.13. The molecule has 0 aromatic heterocycles. The molecule has 0 fully saturated rings. The summed E-state index contributed by atoms with van der Waals surface area (Å²) < 4.78 is 0. The zero-order valence-corrected chi connectivity index (χ0v) is 11.2. The molecule has 0 heterocycles. The molecule has 0 bridgehead atoms. The van der Waals surface area contributed by atoms with Crippen molar-refractivity contribution in [1.29, 1.82) is 0 Å². The van der Waals surface area contributed by atoms with Gasteiger partial charge in [0.25, 0.3) is 0 Å². The highest BCUT2D eigenvalue weighted by Crippen LogP contribution is 2.23. The summed E-state index contributed by atoms with van der Waals surface area (Å²) >= 11 is 5.85. The molecule has 4 N–H and O–H groups in total. The number of rotatable bonds is 2. The molecule has 4 nitrogen and oxygen atoms in total. The van der Waals surface area contributed by atoms with E-state index in [0.29, 0.717) is 22.1 Å². The van der Waals surface area contributed by atoms with Gasteiger partial charge in [-0.05, 0) is 36.8 Å². The fourth-order valence-electron chi connectivity index (χ4n) is 1.70. The van der Waals surface area contributed by atoms with Crippen LogP contribution in [0.5, 0.6) is 0 Å². The third-order valence-electron chi connectivity index (χ3n) is 2.63. The highest BCUT2D eigenvalue weighted by molar-refractivity contribution is 6.30. The first-order chi connectivity index (χ1) is 9.06. The Morgan fingerprint density at radius 2 is 1.89 bits per heavy atom. The van der Waals surface area contributed by atoms with Crippen LogP contribution in [-0.2, 0) is 0 Å². The fourth-order valence-corrected chi connectivity index (χ4v) is 1.89. The lowest BCUT2D eigenvalue weighted by molar-refractivity contribution is 0.262. The van der Waals surface area contributed by atoms with Crippen LogP contribution in [0.1, 0.15) is 5.56 Å². The number of carbonyl (C=O) groups is 1. The Labute approximate surface area is 116 Å². The van der Waals surface area contributed by atoms with Crippen LogP contribution in [-0.4, -0.2) is 6.03 Å². The number of hydrogen-bond acceptors (Lipinski definition) is 2. The van der Waals surface area contributed by atoms with Crippen LogP contribution in [0.3, 0.4) is 0 Å². The Balaban J connectivity index is 2.10. The quantitative estimate of drug-likeness (QED) is 0.728. The first-order valence-electron chi connectivity index (χ1n) is 5.75. The Morgan fingerprint density at radius 3 is 2.58 bits per heavy atom. The Hall–Kier alpha value is -2.20. The summed E-state index contributed by atoms with van der Waals surface area (Å²) in [4.78, 5) is 11.9. The van der Waals surface area contributed by atoms with Crippen LogP contribution < -0.4 is 16.4 Å². The van der Waals surface area contributed by atoms with Gasteiger partial charge in [0.1, 0.15) is 0 Å². The monoisotopic (exact) mass is 275 g/mol. The topological polar surface area (TPSA) is 67.1 Å². The second-order valence-corrected chi connectivity index (χ2v) is 4.57. The minimum Gasteiger partial charge on any atom is -0.397 e. The van der Waals surface area contributed by atoms with Gasteiger partial charge in [-0.25, -0.2) is 4.79 Å². The van der Waals surface area contributed by atoms with Crippen LogP contribution in [0.25, 0.3) is 0 Å². The summed E-state index contributed by atoms with van der Waals surface area (Å²) in [7, 11) is 0. The lowest BCUT2D eigenvalue weighted by atomic mass is 10.2. The van der Waals surface area contributed by atoms with E-state index in [9.17, 15) is 4.79 Å². The van der Waals surface area contributed by atoms with Crippen molar-refractivity contribution < 1.29 is 4.79 Å². The number of urea groups is 1. The third-order valence-corrected chi connectivity index (χ3v) is 2.86. The molecule has 0 aliphatic carbocycles. The maximum absolute atomic E-state index is 11.9. The molecule has 5 heteroatoms. The molecular formula is C14H14ClN3O. The number of para-hydroxylation sites is 1. The number of benzene rings is 2. The van der Waals surface area contributed by atoms with Crippen molar-refractivity contribution in [3.05, 3.63) is 53.1 Å². The number of nitrogen functional groups attached to an aromatic ring is 1. The fraction of sp³-hybridized carbons (Fsp3) is 0.0714. The molecule has 0 aliphatic rings. The minimum absolute atomic E-state index is 0.358. The van der Waals surface area contributed by atoms with Crippen molar-refractivity contribution in [3.8, 4) is 0 Å². The van der Waals surface area contributed by atoms with Crippen LogP contribution in [0.4, 0.5) is 21.9 Å². The molecule has 0 saturated carbocycles. The van der Waals surface area contributed by atoms with Crippen LogP contribution in [0.15, 0.2) is 42.5 Å². The predicted molar refractivity (Wildman–Crippen MR) is 79.7 cm³/mol. The van der Waals surface area contributed by atoms with Gasteiger partial charge in [-0.2, -0.15) is 0 Å². The molecule has 2 amide bonds. The zero-order chi connectivity index (χ0) is 13.8. The van der Waals surface area contributed by atoms with Crippen LogP contribution in [0.2, 0.25) is 5.02 Å². The summed E-state index contributed by atoms with van der Waals surface area (Å²) in [6.07, 6.45) is 0. The zero-order valence-electron chi connectivity index (χ0n) is 10.4. The minimum atomic E-state index is -0.358. The molecule has 0 unspecified atom stereocenters. The first kappa shape index (κ1) is 13.2. The SMILES string of the molecule is Cc1cccc(N)c1NC(=O)Nc1cccc(Cl)c1. The van der Waals surface area contributed by atoms with E-state index < -0.39 is 0 Å². The average Bonchev–Trinajstić information content (AvgIpc) is 2.34. The van der Waals surface area contributed by atoms with Crippen molar-refractivity contribution >= 4 is 34.7 Å². The highest BCUT2D eigenvalue weighted by Gasteiger charge is 2.07. The van der Waals surface area contributed by atoms with Crippen molar-refractivity contribution in [2.75, 3.05) is 16.4 Å². The summed E-state index contributed by atoms with van der Waals surface area (Å²) in [6, 6.07) is 12.0. The molecule has 0 spiro atoms. The van der Waals surface area contributed by atoms with Gasteiger partial charge in [-0.3, -0.25) is 0 Å². The van der Waals surface area contributed by atoms with E-state index >= 15 is 0 Å². The van der Waals surface area contributed by atoms with Crippen molar-refractivity contribution in [1.82, 2.24) is 0 Å². The van der Waals surface area contributed by atoms with Crippen LogP contribution >= 0.6 is 11.6 Å². The molecule has 98 valence electrons. The van der Waals surface area contributed by atoms with Gasteiger partial charge in [-0.15, -0.1) is 0 Å². The number of nitrogens with one attached hydrogen (secondary N) is 2. The molecule has 2 aromatic carbocycles. The molecule has 2 rings (SSSR count). The molecule has 0 radical (unpaired) electrons. The number of hydrogen-bond donors (Lipinski definition) is 3. The number of aryl methyl sites for hydroxylation is 1. The maximum atomic E-state index is 11.9. The molecule has 2 aromatic rings. The second kappa shape index (κ2) is 5.63. The summed E-state index contributed by atoms with van der Waals surface area (Å²) in [5, 5.41) is 5.99. The van der Waals surface area contributed by atoms with Gasteiger partial charge in [0.2, 0.25) is 0 Å². The summed E-state index contributed by atoms with van der Waals surface area (Å²) in [5.41, 5.74) is 8.49. The van der Waals surface area contributed by atoms with Gasteiger partial charge in [-0.1, -0.05) is 29.8 Å². The van der Waals surface area contributed by atoms with E-state index in [1.165, 1.54) is 0 Å². The highest BCUT2D eigenvalue weighted by atomic mass is 35.5. The van der Waals surface area contributed by atoms with E-state index in [4.69, 9.17) is 17.3 Å². The third kappa shape index (κ3) is 3.39. The van der Waals surface area contributed by atoms with Crippen molar-refractivity contribution in [3.63, 3.8) is 0 Å². The predicted octanol–water partition coefficient (Wildman–Crippen LogP) is 3.87. The van der Waals surface area contributed by atoms with E-state index in [1.54, 1.807) is 30.3 Å². The Kier molecular flexibility index (Phi) is 3.92. The van der Waals surface area contributed by atoms with E-state index in [-0.39, 0.29) is 6.03 Å². The smallest absolute Gasteiger partial charge is 0.323 e. The standard InChI is InChI=1S/C14H14ClN3O/c1-9-4-2-7-12(16)13(9)18-14(19)17-11-6-3-5-10(15)8-11/h2-8H,16H2,1H3,(H2,17,18,19). The molecule has 0 aliphatic heterocycles. The molecule has 19 heavy (non-hydrogen) atoms. The summed E-state index contributed by atoms with van der Waals surface area (Å²) in [6.45, 7) is 1.88. The van der Waals surface area contributed by atoms with Gasteiger partial charge < -0.3 is 16.4 Å². The van der Waals surface area contributed by atoms with E-state index in [0.717, 1.165) is 5.56 Å². The van der Waals surface area contributed by atoms with Gasteiger partial charge in [0.05, 0.1) is 11.4 Å². The van der Waals surface area contributed by atoms with Crippen molar-refractivity contribution in [2.45, 2.75) is 6.92 Å². The largest absolute Gasteiger partial charge is 0.397 e. The number of nitrogens with two attached hydrogens (primary N) is 1. The van der Waals surface area contributed by atoms with Gasteiger partial charge >= 0.3 is 6.03 Å². The first-order valence-corrected chi connectivity index (χ1v) is 6.13. The average molecular weight is 276 g/mol. The van der Waals surface area contributed by atoms with E-state index in [2.05, 4.69) is 10.6 Å². The molecule has 0 saturated heterocycles. The number of carbonyl (C=O) groups excluding carboxylic acids is 1.